The number of carbonyl (C=O) groups is 1. The van der Waals surface area contributed by atoms with Gasteiger partial charge in [0.1, 0.15) is 11.6 Å². The molecule has 0 aliphatic carbocycles. The maximum Gasteiger partial charge on any atom is 0.240 e. The van der Waals surface area contributed by atoms with Crippen molar-refractivity contribution in [2.75, 3.05) is 20.7 Å². The number of rotatable bonds is 7. The number of aryl methyl sites for hydroxylation is 1. The number of ether oxygens (including phenoxy) is 1. The van der Waals surface area contributed by atoms with Crippen LogP contribution in [0.25, 0.3) is 0 Å². The summed E-state index contributed by atoms with van der Waals surface area (Å²) in [5, 5.41) is 14.5. The highest BCUT2D eigenvalue weighted by molar-refractivity contribution is 5.86. The molecular weight excluding hydrogens is 382 g/mol. The van der Waals surface area contributed by atoms with E-state index in [2.05, 4.69) is 20.8 Å². The lowest BCUT2D eigenvalue weighted by atomic mass is 10.1. The molecule has 1 aromatic carbocycles. The van der Waals surface area contributed by atoms with Crippen molar-refractivity contribution in [1.29, 1.82) is 0 Å². The molecule has 30 heavy (non-hydrogen) atoms. The number of aliphatic imine (C=N–C) groups is 1. The monoisotopic (exact) mass is 415 g/mol. The van der Waals surface area contributed by atoms with Crippen LogP contribution in [0.15, 0.2) is 29.3 Å². The minimum Gasteiger partial charge on any atom is -0.497 e. The molecule has 2 aromatic rings. The summed E-state index contributed by atoms with van der Waals surface area (Å²) >= 11 is 0. The molecule has 1 amide bonds. The lowest BCUT2D eigenvalue weighted by molar-refractivity contribution is -0.122. The van der Waals surface area contributed by atoms with Crippen LogP contribution in [0.3, 0.4) is 0 Å². The van der Waals surface area contributed by atoms with E-state index in [1.54, 1.807) is 12.0 Å². The van der Waals surface area contributed by atoms with Gasteiger partial charge in [-0.05, 0) is 45.4 Å². The van der Waals surface area contributed by atoms with Gasteiger partial charge in [-0.1, -0.05) is 12.1 Å². The van der Waals surface area contributed by atoms with Gasteiger partial charge in [0.2, 0.25) is 5.91 Å². The first-order valence-corrected chi connectivity index (χ1v) is 9.87. The molecule has 0 bridgehead atoms. The zero-order valence-corrected chi connectivity index (χ0v) is 19.0. The van der Waals surface area contributed by atoms with Crippen LogP contribution in [0.4, 0.5) is 0 Å². The summed E-state index contributed by atoms with van der Waals surface area (Å²) in [7, 11) is 5.39. The first-order chi connectivity index (χ1) is 14.1. The van der Waals surface area contributed by atoms with Crippen LogP contribution in [-0.2, 0) is 24.9 Å². The average Bonchev–Trinajstić information content (AvgIpc) is 2.99. The Morgan fingerprint density at radius 3 is 2.43 bits per heavy atom. The number of nitrogens with one attached hydrogen (secondary N) is 2. The second-order valence-corrected chi connectivity index (χ2v) is 8.22. The maximum absolute atomic E-state index is 12.4. The normalized spacial score (nSPS) is 11.9. The van der Waals surface area contributed by atoms with Crippen LogP contribution < -0.4 is 15.4 Å². The van der Waals surface area contributed by atoms with E-state index in [-0.39, 0.29) is 18.0 Å². The number of amides is 1. The molecule has 9 nitrogen and oxygen atoms in total. The van der Waals surface area contributed by atoms with Gasteiger partial charge < -0.3 is 24.8 Å². The number of hydrogen-bond acceptors (Lipinski definition) is 5. The number of likely N-dealkylation sites (N-methyl/N-ethyl adjacent to an activating group) is 1. The SMILES string of the molecule is COc1ccc(CN=C(NCc2nnc(C)n2C)N(C)CC(=O)NC(C)(C)C)cc1. The highest BCUT2D eigenvalue weighted by Crippen LogP contribution is 2.12. The Morgan fingerprint density at radius 1 is 1.23 bits per heavy atom. The highest BCUT2D eigenvalue weighted by Gasteiger charge is 2.17. The summed E-state index contributed by atoms with van der Waals surface area (Å²) < 4.78 is 7.12. The number of carbonyl (C=O) groups excluding carboxylic acids is 1. The standard InChI is InChI=1S/C21H33N7O2/c1-15-25-26-18(28(15)6)13-23-20(27(5)14-19(29)24-21(2,3)4)22-12-16-8-10-17(30-7)11-9-16/h8-11H,12-14H2,1-7H3,(H,22,23)(H,24,29). The molecule has 0 unspecified atom stereocenters. The van der Waals surface area contributed by atoms with E-state index in [1.807, 2.05) is 70.6 Å². The predicted octanol–water partition coefficient (Wildman–Crippen LogP) is 1.62. The van der Waals surface area contributed by atoms with Crippen LogP contribution >= 0.6 is 0 Å². The van der Waals surface area contributed by atoms with Crippen molar-refractivity contribution < 1.29 is 9.53 Å². The highest BCUT2D eigenvalue weighted by atomic mass is 16.5. The van der Waals surface area contributed by atoms with Crippen LogP contribution in [0.2, 0.25) is 0 Å². The average molecular weight is 416 g/mol. The summed E-state index contributed by atoms with van der Waals surface area (Å²) in [6, 6.07) is 7.75. The molecule has 2 rings (SSSR count). The molecule has 9 heteroatoms. The molecule has 0 fully saturated rings. The molecule has 1 aromatic heterocycles. The Balaban J connectivity index is 2.12. The maximum atomic E-state index is 12.4. The summed E-state index contributed by atoms with van der Waals surface area (Å²) in [6.45, 7) is 8.87. The van der Waals surface area contributed by atoms with Crippen molar-refractivity contribution in [1.82, 2.24) is 30.3 Å². The molecule has 2 N–H and O–H groups in total. The number of benzene rings is 1. The van der Waals surface area contributed by atoms with E-state index in [4.69, 9.17) is 9.73 Å². The number of aromatic nitrogens is 3. The second-order valence-electron chi connectivity index (χ2n) is 8.22. The molecule has 0 spiro atoms. The minimum atomic E-state index is -0.290. The van der Waals surface area contributed by atoms with Gasteiger partial charge in [-0.25, -0.2) is 4.99 Å². The number of nitrogens with zero attached hydrogens (tertiary/aromatic N) is 5. The van der Waals surface area contributed by atoms with E-state index < -0.39 is 0 Å². The summed E-state index contributed by atoms with van der Waals surface area (Å²) in [6.07, 6.45) is 0. The second kappa shape index (κ2) is 10.1. The molecule has 0 atom stereocenters. The Kier molecular flexibility index (Phi) is 7.79. The van der Waals surface area contributed by atoms with Crippen molar-refractivity contribution in [2.24, 2.45) is 12.0 Å². The van der Waals surface area contributed by atoms with E-state index in [0.717, 1.165) is 23.0 Å². The van der Waals surface area contributed by atoms with Gasteiger partial charge in [-0.15, -0.1) is 10.2 Å². The molecule has 1 heterocycles. The van der Waals surface area contributed by atoms with Gasteiger partial charge in [0, 0.05) is 19.6 Å². The Bertz CT molecular complexity index is 866. The van der Waals surface area contributed by atoms with E-state index >= 15 is 0 Å². The topological polar surface area (TPSA) is 96.7 Å². The fraction of sp³-hybridized carbons (Fsp3) is 0.524. The van der Waals surface area contributed by atoms with Gasteiger partial charge in [-0.2, -0.15) is 0 Å². The Morgan fingerprint density at radius 2 is 1.90 bits per heavy atom. The molecule has 0 aliphatic heterocycles. The number of methoxy groups -OCH3 is 1. The Labute approximate surface area is 178 Å². The largest absolute Gasteiger partial charge is 0.497 e. The van der Waals surface area contributed by atoms with Gasteiger partial charge in [0.15, 0.2) is 11.8 Å². The third-order valence-corrected chi connectivity index (χ3v) is 4.41. The molecule has 164 valence electrons. The number of hydrogen-bond donors (Lipinski definition) is 2. The lowest BCUT2D eigenvalue weighted by Gasteiger charge is -2.25. The molecule has 0 saturated carbocycles. The van der Waals surface area contributed by atoms with E-state index in [0.29, 0.717) is 19.0 Å². The fourth-order valence-electron chi connectivity index (χ4n) is 2.72. The van der Waals surface area contributed by atoms with Crippen molar-refractivity contribution in [3.05, 3.63) is 41.5 Å². The van der Waals surface area contributed by atoms with Crippen molar-refractivity contribution in [3.63, 3.8) is 0 Å². The van der Waals surface area contributed by atoms with Crippen molar-refractivity contribution >= 4 is 11.9 Å². The van der Waals surface area contributed by atoms with Crippen LogP contribution in [0.1, 0.15) is 38.0 Å². The van der Waals surface area contributed by atoms with Gasteiger partial charge in [-0.3, -0.25) is 4.79 Å². The smallest absolute Gasteiger partial charge is 0.240 e. The number of guanidine groups is 1. The minimum absolute atomic E-state index is 0.0709. The third kappa shape index (κ3) is 7.06. The molecule has 0 radical (unpaired) electrons. The quantitative estimate of drug-likeness (QED) is 0.527. The third-order valence-electron chi connectivity index (χ3n) is 4.41. The zero-order valence-electron chi connectivity index (χ0n) is 19.0. The van der Waals surface area contributed by atoms with Gasteiger partial charge in [0.05, 0.1) is 26.7 Å². The van der Waals surface area contributed by atoms with E-state index in [9.17, 15) is 4.79 Å². The van der Waals surface area contributed by atoms with Gasteiger partial charge >= 0.3 is 0 Å². The summed E-state index contributed by atoms with van der Waals surface area (Å²) in [5.41, 5.74) is 0.749. The first-order valence-electron chi connectivity index (χ1n) is 9.87. The molecular formula is C21H33N7O2. The van der Waals surface area contributed by atoms with Crippen LogP contribution in [-0.4, -0.2) is 57.8 Å². The first kappa shape index (κ1) is 23.2. The van der Waals surface area contributed by atoms with Gasteiger partial charge in [0.25, 0.3) is 0 Å². The van der Waals surface area contributed by atoms with E-state index in [1.165, 1.54) is 0 Å². The van der Waals surface area contributed by atoms with Crippen LogP contribution in [0.5, 0.6) is 5.75 Å². The summed E-state index contributed by atoms with van der Waals surface area (Å²) in [5.74, 6) is 2.96. The fourth-order valence-corrected chi connectivity index (χ4v) is 2.72. The predicted molar refractivity (Wildman–Crippen MR) is 117 cm³/mol. The van der Waals surface area contributed by atoms with Crippen LogP contribution in [0, 0.1) is 6.92 Å². The van der Waals surface area contributed by atoms with Crippen molar-refractivity contribution in [3.8, 4) is 5.75 Å². The zero-order chi connectivity index (χ0) is 22.3. The Hall–Kier alpha value is -3.10. The molecule has 0 saturated heterocycles. The summed E-state index contributed by atoms with van der Waals surface area (Å²) in [4.78, 5) is 18.9. The van der Waals surface area contributed by atoms with Crippen molar-refractivity contribution in [2.45, 2.75) is 46.3 Å². The lowest BCUT2D eigenvalue weighted by Crippen LogP contribution is -2.48. The molecule has 0 aliphatic rings.